The highest BCUT2D eigenvalue weighted by atomic mass is 16.3. The van der Waals surface area contributed by atoms with Crippen LogP contribution in [0.5, 0.6) is 0 Å². The third-order valence-corrected chi connectivity index (χ3v) is 3.93. The predicted molar refractivity (Wildman–Crippen MR) is 68.3 cm³/mol. The van der Waals surface area contributed by atoms with Crippen molar-refractivity contribution in [2.45, 2.75) is 57.5 Å². The van der Waals surface area contributed by atoms with E-state index in [1.165, 1.54) is 25.7 Å². The van der Waals surface area contributed by atoms with Gasteiger partial charge in [-0.25, -0.2) is 0 Å². The Morgan fingerprint density at radius 2 is 2.12 bits per heavy atom. The fourth-order valence-electron chi connectivity index (χ4n) is 2.50. The van der Waals surface area contributed by atoms with E-state index in [-0.39, 0.29) is 6.61 Å². The summed E-state index contributed by atoms with van der Waals surface area (Å²) in [6.07, 6.45) is 6.24. The summed E-state index contributed by atoms with van der Waals surface area (Å²) in [6.45, 7) is 5.33. The maximum atomic E-state index is 9.12. The Bertz CT molecular complexity index is 206. The number of nitrogens with two attached hydrogens (primary N) is 1. The van der Waals surface area contributed by atoms with Crippen LogP contribution in [0.2, 0.25) is 0 Å². The lowest BCUT2D eigenvalue weighted by atomic mass is 9.86. The third kappa shape index (κ3) is 4.40. The first-order valence-corrected chi connectivity index (χ1v) is 6.54. The number of rotatable bonds is 5. The second-order valence-electron chi connectivity index (χ2n) is 5.97. The molecule has 0 radical (unpaired) electrons. The van der Waals surface area contributed by atoms with Gasteiger partial charge in [0, 0.05) is 11.6 Å². The lowest BCUT2D eigenvalue weighted by molar-refractivity contribution is 0.136. The van der Waals surface area contributed by atoms with Crippen molar-refractivity contribution in [2.24, 2.45) is 11.7 Å². The van der Waals surface area contributed by atoms with Crippen LogP contribution in [0.3, 0.4) is 0 Å². The van der Waals surface area contributed by atoms with Gasteiger partial charge in [-0.3, -0.25) is 0 Å². The van der Waals surface area contributed by atoms with Crippen molar-refractivity contribution >= 4 is 0 Å². The SMILES string of the molecule is CC1CCCC(N(C)CCC(C)(N)CO)C1. The summed E-state index contributed by atoms with van der Waals surface area (Å²) >= 11 is 0. The van der Waals surface area contributed by atoms with Gasteiger partial charge in [0.05, 0.1) is 6.61 Å². The molecule has 0 spiro atoms. The van der Waals surface area contributed by atoms with E-state index in [0.29, 0.717) is 0 Å². The molecule has 0 aliphatic heterocycles. The van der Waals surface area contributed by atoms with E-state index in [1.807, 2.05) is 6.92 Å². The average Bonchev–Trinajstić information content (AvgIpc) is 2.26. The molecule has 0 heterocycles. The van der Waals surface area contributed by atoms with Crippen molar-refractivity contribution in [3.05, 3.63) is 0 Å². The number of aliphatic hydroxyl groups excluding tert-OH is 1. The van der Waals surface area contributed by atoms with Crippen LogP contribution in [0, 0.1) is 5.92 Å². The van der Waals surface area contributed by atoms with Gasteiger partial charge in [0.15, 0.2) is 0 Å². The van der Waals surface area contributed by atoms with E-state index >= 15 is 0 Å². The largest absolute Gasteiger partial charge is 0.394 e. The summed E-state index contributed by atoms with van der Waals surface area (Å²) in [4.78, 5) is 2.43. The lowest BCUT2D eigenvalue weighted by Crippen LogP contribution is -2.45. The molecule has 0 aromatic carbocycles. The van der Waals surface area contributed by atoms with Gasteiger partial charge in [-0.2, -0.15) is 0 Å². The molecule has 16 heavy (non-hydrogen) atoms. The van der Waals surface area contributed by atoms with Crippen molar-refractivity contribution in [1.29, 1.82) is 0 Å². The molecule has 3 heteroatoms. The quantitative estimate of drug-likeness (QED) is 0.751. The zero-order chi connectivity index (χ0) is 12.2. The highest BCUT2D eigenvalue weighted by molar-refractivity contribution is 4.82. The first kappa shape index (κ1) is 13.9. The molecule has 3 nitrogen and oxygen atoms in total. The Labute approximate surface area is 100 Å². The summed E-state index contributed by atoms with van der Waals surface area (Å²) in [5.41, 5.74) is 5.52. The maximum absolute atomic E-state index is 9.12. The van der Waals surface area contributed by atoms with Gasteiger partial charge in [-0.05, 0) is 45.7 Å². The number of hydrogen-bond donors (Lipinski definition) is 2. The van der Waals surface area contributed by atoms with E-state index in [9.17, 15) is 0 Å². The first-order valence-electron chi connectivity index (χ1n) is 6.54. The minimum Gasteiger partial charge on any atom is -0.394 e. The van der Waals surface area contributed by atoms with Gasteiger partial charge in [0.1, 0.15) is 0 Å². The minimum absolute atomic E-state index is 0.0713. The third-order valence-electron chi connectivity index (χ3n) is 3.93. The molecule has 0 amide bonds. The zero-order valence-corrected chi connectivity index (χ0v) is 11.1. The molecule has 96 valence electrons. The van der Waals surface area contributed by atoms with Crippen LogP contribution in [0.1, 0.15) is 46.0 Å². The van der Waals surface area contributed by atoms with Crippen LogP contribution in [0.4, 0.5) is 0 Å². The second-order valence-corrected chi connectivity index (χ2v) is 5.97. The van der Waals surface area contributed by atoms with Crippen molar-refractivity contribution in [1.82, 2.24) is 4.90 Å². The molecule has 0 aromatic rings. The average molecular weight is 228 g/mol. The van der Waals surface area contributed by atoms with E-state index in [4.69, 9.17) is 10.8 Å². The molecule has 3 N–H and O–H groups in total. The minimum atomic E-state index is -0.422. The van der Waals surface area contributed by atoms with E-state index in [0.717, 1.165) is 24.9 Å². The Hall–Kier alpha value is -0.120. The molecule has 1 aliphatic rings. The lowest BCUT2D eigenvalue weighted by Gasteiger charge is -2.35. The van der Waals surface area contributed by atoms with Crippen molar-refractivity contribution in [3.63, 3.8) is 0 Å². The number of hydrogen-bond acceptors (Lipinski definition) is 3. The van der Waals surface area contributed by atoms with Crippen molar-refractivity contribution in [3.8, 4) is 0 Å². The molecule has 0 aromatic heterocycles. The summed E-state index contributed by atoms with van der Waals surface area (Å²) in [7, 11) is 2.19. The smallest absolute Gasteiger partial charge is 0.0608 e. The highest BCUT2D eigenvalue weighted by Gasteiger charge is 2.24. The highest BCUT2D eigenvalue weighted by Crippen LogP contribution is 2.26. The van der Waals surface area contributed by atoms with Crippen LogP contribution in [-0.4, -0.2) is 41.8 Å². The van der Waals surface area contributed by atoms with Gasteiger partial charge in [-0.15, -0.1) is 0 Å². The monoisotopic (exact) mass is 228 g/mol. The molecular weight excluding hydrogens is 200 g/mol. The van der Waals surface area contributed by atoms with Crippen LogP contribution >= 0.6 is 0 Å². The first-order chi connectivity index (χ1) is 7.44. The van der Waals surface area contributed by atoms with E-state index < -0.39 is 5.54 Å². The maximum Gasteiger partial charge on any atom is 0.0608 e. The Morgan fingerprint density at radius 1 is 1.44 bits per heavy atom. The van der Waals surface area contributed by atoms with Crippen LogP contribution in [-0.2, 0) is 0 Å². The second kappa shape index (κ2) is 5.99. The molecule has 3 atom stereocenters. The van der Waals surface area contributed by atoms with Crippen molar-refractivity contribution < 1.29 is 5.11 Å². The van der Waals surface area contributed by atoms with Crippen LogP contribution in [0.15, 0.2) is 0 Å². The topological polar surface area (TPSA) is 49.5 Å². The van der Waals surface area contributed by atoms with Gasteiger partial charge < -0.3 is 15.7 Å². The Balaban J connectivity index is 2.31. The van der Waals surface area contributed by atoms with Gasteiger partial charge in [0.25, 0.3) is 0 Å². The summed E-state index contributed by atoms with van der Waals surface area (Å²) in [5, 5.41) is 9.12. The molecule has 1 rings (SSSR count). The zero-order valence-electron chi connectivity index (χ0n) is 11.1. The molecule has 0 saturated heterocycles. The summed E-state index contributed by atoms with van der Waals surface area (Å²) in [5.74, 6) is 0.864. The van der Waals surface area contributed by atoms with Gasteiger partial charge in [0.2, 0.25) is 0 Å². The summed E-state index contributed by atoms with van der Waals surface area (Å²) in [6, 6.07) is 0.721. The van der Waals surface area contributed by atoms with Gasteiger partial charge in [-0.1, -0.05) is 19.8 Å². The normalized spacial score (nSPS) is 30.4. The van der Waals surface area contributed by atoms with Crippen LogP contribution < -0.4 is 5.73 Å². The number of nitrogens with zero attached hydrogens (tertiary/aromatic N) is 1. The number of aliphatic hydroxyl groups is 1. The molecule has 3 unspecified atom stereocenters. The van der Waals surface area contributed by atoms with Crippen molar-refractivity contribution in [2.75, 3.05) is 20.2 Å². The standard InChI is InChI=1S/C13H28N2O/c1-11-5-4-6-12(9-11)15(3)8-7-13(2,14)10-16/h11-12,16H,4-10,14H2,1-3H3. The molecule has 0 bridgehead atoms. The molecule has 1 fully saturated rings. The predicted octanol–water partition coefficient (Wildman–Crippen LogP) is 1.60. The fraction of sp³-hybridized carbons (Fsp3) is 1.00. The van der Waals surface area contributed by atoms with E-state index in [2.05, 4.69) is 18.9 Å². The Morgan fingerprint density at radius 3 is 2.69 bits per heavy atom. The molecule has 1 saturated carbocycles. The molecule has 1 aliphatic carbocycles. The Kier molecular flexibility index (Phi) is 5.22. The van der Waals surface area contributed by atoms with Gasteiger partial charge >= 0.3 is 0 Å². The van der Waals surface area contributed by atoms with E-state index in [1.54, 1.807) is 0 Å². The summed E-state index contributed by atoms with van der Waals surface area (Å²) < 4.78 is 0. The van der Waals surface area contributed by atoms with Crippen LogP contribution in [0.25, 0.3) is 0 Å². The molecular formula is C13H28N2O. The fourth-order valence-corrected chi connectivity index (χ4v) is 2.50.